The lowest BCUT2D eigenvalue weighted by Gasteiger charge is -2.20. The van der Waals surface area contributed by atoms with Crippen LogP contribution < -0.4 is 20.7 Å². The molecule has 1 aromatic carbocycles. The van der Waals surface area contributed by atoms with Crippen molar-refractivity contribution in [3.8, 4) is 5.75 Å². The molecule has 1 aromatic rings. The van der Waals surface area contributed by atoms with Gasteiger partial charge in [-0.25, -0.2) is 4.79 Å². The Kier molecular flexibility index (Phi) is 11.7. The van der Waals surface area contributed by atoms with Crippen LogP contribution >= 0.6 is 0 Å². The molecule has 0 atom stereocenters. The number of carbonyl (C=O) groups excluding carboxylic acids is 3. The fourth-order valence-corrected chi connectivity index (χ4v) is 2.83. The molecule has 0 aliphatic carbocycles. The number of esters is 1. The van der Waals surface area contributed by atoms with Gasteiger partial charge in [0.05, 0.1) is 13.2 Å². The number of amides is 2. The summed E-state index contributed by atoms with van der Waals surface area (Å²) in [6.07, 6.45) is -0.494. The molecule has 0 heterocycles. The van der Waals surface area contributed by atoms with Crippen molar-refractivity contribution in [2.75, 3.05) is 32.8 Å². The van der Waals surface area contributed by atoms with Crippen LogP contribution in [-0.2, 0) is 25.7 Å². The van der Waals surface area contributed by atoms with Crippen molar-refractivity contribution in [1.82, 2.24) is 16.0 Å². The van der Waals surface area contributed by atoms with Crippen LogP contribution in [0.15, 0.2) is 12.1 Å². The summed E-state index contributed by atoms with van der Waals surface area (Å²) in [7, 11) is 0. The highest BCUT2D eigenvalue weighted by Crippen LogP contribution is 2.25. The molecule has 9 heteroatoms. The van der Waals surface area contributed by atoms with Gasteiger partial charge in [-0.3, -0.25) is 9.59 Å². The molecule has 0 fully saturated rings. The minimum atomic E-state index is -0.633. The van der Waals surface area contributed by atoms with Gasteiger partial charge in [0.25, 0.3) is 0 Å². The van der Waals surface area contributed by atoms with Crippen LogP contribution in [-0.4, -0.2) is 56.4 Å². The fraction of sp³-hybridized carbons (Fsp3) is 0.609. The zero-order valence-corrected chi connectivity index (χ0v) is 20.1. The maximum absolute atomic E-state index is 12.1. The van der Waals surface area contributed by atoms with E-state index in [0.29, 0.717) is 25.5 Å². The number of ether oxygens (including phenoxy) is 3. The predicted molar refractivity (Wildman–Crippen MR) is 122 cm³/mol. The second-order valence-corrected chi connectivity index (χ2v) is 8.54. The summed E-state index contributed by atoms with van der Waals surface area (Å²) < 4.78 is 15.8. The van der Waals surface area contributed by atoms with E-state index >= 15 is 0 Å². The third-order valence-corrected chi connectivity index (χ3v) is 4.25. The average Bonchev–Trinajstić information content (AvgIpc) is 2.67. The molecule has 0 unspecified atom stereocenters. The van der Waals surface area contributed by atoms with Gasteiger partial charge in [-0.05, 0) is 63.4 Å². The number of rotatable bonds is 12. The topological polar surface area (TPSA) is 115 Å². The molecule has 9 nitrogen and oxygen atoms in total. The second-order valence-electron chi connectivity index (χ2n) is 8.54. The fourth-order valence-electron chi connectivity index (χ4n) is 2.83. The molecule has 0 aliphatic rings. The van der Waals surface area contributed by atoms with Crippen molar-refractivity contribution in [3.05, 3.63) is 28.8 Å². The quantitative estimate of drug-likeness (QED) is 0.330. The lowest BCUT2D eigenvalue weighted by molar-refractivity contribution is -0.142. The summed E-state index contributed by atoms with van der Waals surface area (Å²) in [6.45, 7) is 13.7. The molecule has 0 radical (unpaired) electrons. The second kappa shape index (κ2) is 13.7. The summed E-state index contributed by atoms with van der Waals surface area (Å²) >= 11 is 0. The van der Waals surface area contributed by atoms with Crippen molar-refractivity contribution >= 4 is 18.0 Å². The van der Waals surface area contributed by atoms with Gasteiger partial charge in [0.15, 0.2) is 0 Å². The largest absolute Gasteiger partial charge is 0.461 e. The van der Waals surface area contributed by atoms with E-state index in [1.807, 2.05) is 13.8 Å². The number of aryl methyl sites for hydroxylation is 2. The molecule has 0 spiro atoms. The molecule has 0 bridgehead atoms. The van der Waals surface area contributed by atoms with E-state index in [0.717, 1.165) is 23.2 Å². The van der Waals surface area contributed by atoms with Crippen molar-refractivity contribution in [3.63, 3.8) is 0 Å². The average molecular weight is 452 g/mol. The third-order valence-electron chi connectivity index (χ3n) is 4.25. The van der Waals surface area contributed by atoms with E-state index in [9.17, 15) is 14.4 Å². The maximum atomic E-state index is 12.1. The van der Waals surface area contributed by atoms with Crippen molar-refractivity contribution < 1.29 is 28.6 Å². The van der Waals surface area contributed by atoms with Crippen molar-refractivity contribution in [2.45, 2.75) is 60.1 Å². The van der Waals surface area contributed by atoms with Gasteiger partial charge in [-0.15, -0.1) is 0 Å². The van der Waals surface area contributed by atoms with Gasteiger partial charge < -0.3 is 30.2 Å². The maximum Gasteiger partial charge on any atom is 0.412 e. The lowest BCUT2D eigenvalue weighted by Crippen LogP contribution is -2.38. The first-order valence-electron chi connectivity index (χ1n) is 10.8. The molecule has 180 valence electrons. The van der Waals surface area contributed by atoms with Crippen molar-refractivity contribution in [1.29, 1.82) is 0 Å². The number of hydrogen-bond acceptors (Lipinski definition) is 7. The van der Waals surface area contributed by atoms with Gasteiger partial charge in [0.2, 0.25) is 5.91 Å². The van der Waals surface area contributed by atoms with E-state index in [2.05, 4.69) is 36.7 Å². The standard InChI is InChI=1S/C23H37N3O6/c1-16-13-19(15-31-18(3)27)14-17(2)21(16)32-22(29)25-8-7-20(28)24-9-11-30-12-10-26-23(4,5)6/h13-14,26H,7-12,15H2,1-6H3,(H,24,28)(H,25,29). The van der Waals surface area contributed by atoms with Crippen LogP contribution in [0.5, 0.6) is 5.75 Å². The molecule has 32 heavy (non-hydrogen) atoms. The summed E-state index contributed by atoms with van der Waals surface area (Å²) in [5, 5.41) is 8.63. The van der Waals surface area contributed by atoms with Gasteiger partial charge in [0, 0.05) is 38.5 Å². The van der Waals surface area contributed by atoms with Gasteiger partial charge in [-0.1, -0.05) is 0 Å². The van der Waals surface area contributed by atoms with Crippen LogP contribution in [0.1, 0.15) is 50.8 Å². The van der Waals surface area contributed by atoms with Gasteiger partial charge in [0.1, 0.15) is 12.4 Å². The van der Waals surface area contributed by atoms with Crippen LogP contribution in [0.2, 0.25) is 0 Å². The summed E-state index contributed by atoms with van der Waals surface area (Å²) in [6, 6.07) is 3.60. The Labute approximate surface area is 190 Å². The van der Waals surface area contributed by atoms with E-state index in [-0.39, 0.29) is 37.0 Å². The first-order valence-corrected chi connectivity index (χ1v) is 10.8. The zero-order valence-electron chi connectivity index (χ0n) is 20.1. The molecule has 0 saturated carbocycles. The molecular formula is C23H37N3O6. The van der Waals surface area contributed by atoms with E-state index in [1.54, 1.807) is 12.1 Å². The molecular weight excluding hydrogens is 414 g/mol. The zero-order chi connectivity index (χ0) is 24.1. The Morgan fingerprint density at radius 1 is 0.938 bits per heavy atom. The SMILES string of the molecule is CC(=O)OCc1cc(C)c(OC(=O)NCCC(=O)NCCOCCNC(C)(C)C)c(C)c1. The van der Waals surface area contributed by atoms with E-state index in [4.69, 9.17) is 14.2 Å². The van der Waals surface area contributed by atoms with Gasteiger partial charge in [-0.2, -0.15) is 0 Å². The lowest BCUT2D eigenvalue weighted by atomic mass is 10.1. The molecule has 2 amide bonds. The highest BCUT2D eigenvalue weighted by atomic mass is 16.6. The first kappa shape index (κ1) is 27.4. The Morgan fingerprint density at radius 2 is 1.56 bits per heavy atom. The van der Waals surface area contributed by atoms with Crippen LogP contribution in [0.3, 0.4) is 0 Å². The van der Waals surface area contributed by atoms with Crippen LogP contribution in [0.4, 0.5) is 4.79 Å². The molecule has 0 aromatic heterocycles. The van der Waals surface area contributed by atoms with E-state index < -0.39 is 6.09 Å². The normalized spacial score (nSPS) is 11.1. The molecule has 0 aliphatic heterocycles. The minimum Gasteiger partial charge on any atom is -0.461 e. The highest BCUT2D eigenvalue weighted by molar-refractivity contribution is 5.77. The Morgan fingerprint density at radius 3 is 2.16 bits per heavy atom. The minimum absolute atomic E-state index is 0.0534. The van der Waals surface area contributed by atoms with Crippen molar-refractivity contribution in [2.24, 2.45) is 0 Å². The first-order chi connectivity index (χ1) is 15.0. The summed E-state index contributed by atoms with van der Waals surface area (Å²) in [4.78, 5) is 34.9. The number of benzene rings is 1. The Balaban J connectivity index is 2.25. The smallest absolute Gasteiger partial charge is 0.412 e. The van der Waals surface area contributed by atoms with E-state index in [1.165, 1.54) is 6.92 Å². The monoisotopic (exact) mass is 451 g/mol. The summed E-state index contributed by atoms with van der Waals surface area (Å²) in [5.41, 5.74) is 2.36. The number of nitrogens with one attached hydrogen (secondary N) is 3. The highest BCUT2D eigenvalue weighted by Gasteiger charge is 2.12. The predicted octanol–water partition coefficient (Wildman–Crippen LogP) is 2.37. The molecule has 3 N–H and O–H groups in total. The number of hydrogen-bond donors (Lipinski definition) is 3. The van der Waals surface area contributed by atoms with Crippen LogP contribution in [0, 0.1) is 13.8 Å². The Hall–Kier alpha value is -2.65. The van der Waals surface area contributed by atoms with Gasteiger partial charge >= 0.3 is 12.1 Å². The van der Waals surface area contributed by atoms with Crippen LogP contribution in [0.25, 0.3) is 0 Å². The molecule has 1 rings (SSSR count). The molecule has 0 saturated heterocycles. The number of carbonyl (C=O) groups is 3. The Bertz CT molecular complexity index is 750. The summed E-state index contributed by atoms with van der Waals surface area (Å²) in [5.74, 6) is -0.0921. The third kappa shape index (κ3) is 12.3.